The molecule has 0 bridgehead atoms. The maximum atomic E-state index is 5.59. The van der Waals surface area contributed by atoms with Crippen molar-refractivity contribution in [2.24, 2.45) is 0 Å². The number of hydrogen-bond donors (Lipinski definition) is 1. The van der Waals surface area contributed by atoms with Crippen LogP contribution in [0.15, 0.2) is 0 Å². The van der Waals surface area contributed by atoms with E-state index in [-0.39, 0.29) is 0 Å². The summed E-state index contributed by atoms with van der Waals surface area (Å²) in [5, 5.41) is 3.55. The predicted octanol–water partition coefficient (Wildman–Crippen LogP) is 1.24. The minimum atomic E-state index is 0.541. The highest BCUT2D eigenvalue weighted by Gasteiger charge is 2.33. The van der Waals surface area contributed by atoms with Gasteiger partial charge in [-0.3, -0.25) is 0 Å². The van der Waals surface area contributed by atoms with E-state index in [0.29, 0.717) is 6.10 Å². The van der Waals surface area contributed by atoms with Gasteiger partial charge >= 0.3 is 0 Å². The lowest BCUT2D eigenvalue weighted by Crippen LogP contribution is -2.49. The minimum absolute atomic E-state index is 0.541. The van der Waals surface area contributed by atoms with Crippen LogP contribution in [-0.4, -0.2) is 49.8 Å². The van der Waals surface area contributed by atoms with Gasteiger partial charge in [-0.2, -0.15) is 0 Å². The Morgan fingerprint density at radius 2 is 2.20 bits per heavy atom. The van der Waals surface area contributed by atoms with E-state index in [9.17, 15) is 0 Å². The van der Waals surface area contributed by atoms with Crippen molar-refractivity contribution in [3.8, 4) is 0 Å². The van der Waals surface area contributed by atoms with Gasteiger partial charge in [0, 0.05) is 25.2 Å². The predicted molar refractivity (Wildman–Crippen MR) is 62.1 cm³/mol. The maximum absolute atomic E-state index is 5.59. The van der Waals surface area contributed by atoms with Gasteiger partial charge in [0.25, 0.3) is 0 Å². The van der Waals surface area contributed by atoms with Crippen LogP contribution in [0.1, 0.15) is 32.6 Å². The van der Waals surface area contributed by atoms with E-state index in [4.69, 9.17) is 4.74 Å². The topological polar surface area (TPSA) is 24.5 Å². The molecule has 1 unspecified atom stereocenters. The van der Waals surface area contributed by atoms with Crippen molar-refractivity contribution >= 4 is 0 Å². The molecule has 0 radical (unpaired) electrons. The van der Waals surface area contributed by atoms with Gasteiger partial charge in [0.15, 0.2) is 0 Å². The zero-order chi connectivity index (χ0) is 10.7. The average molecular weight is 212 g/mol. The van der Waals surface area contributed by atoms with Crippen LogP contribution >= 0.6 is 0 Å². The van der Waals surface area contributed by atoms with E-state index in [0.717, 1.165) is 18.7 Å². The third kappa shape index (κ3) is 2.92. The highest BCUT2D eigenvalue weighted by atomic mass is 16.5. The molecule has 1 aliphatic carbocycles. The summed E-state index contributed by atoms with van der Waals surface area (Å²) in [5.41, 5.74) is 0. The fourth-order valence-electron chi connectivity index (χ4n) is 2.68. The first-order valence-corrected chi connectivity index (χ1v) is 6.34. The van der Waals surface area contributed by atoms with Crippen LogP contribution in [-0.2, 0) is 4.74 Å². The first-order chi connectivity index (χ1) is 7.29. The fraction of sp³-hybridized carbons (Fsp3) is 1.00. The zero-order valence-electron chi connectivity index (χ0n) is 10.0. The van der Waals surface area contributed by atoms with E-state index in [2.05, 4.69) is 24.2 Å². The molecule has 0 aromatic rings. The second-order valence-corrected chi connectivity index (χ2v) is 4.94. The van der Waals surface area contributed by atoms with E-state index in [1.807, 2.05) is 0 Å². The summed E-state index contributed by atoms with van der Waals surface area (Å²) in [6.45, 7) is 5.37. The summed E-state index contributed by atoms with van der Waals surface area (Å²) in [7, 11) is 2.26. The lowest BCUT2D eigenvalue weighted by molar-refractivity contribution is -0.0413. The van der Waals surface area contributed by atoms with Gasteiger partial charge in [0.2, 0.25) is 0 Å². The molecule has 2 aliphatic rings. The molecule has 0 amide bonds. The molecule has 1 saturated heterocycles. The smallest absolute Gasteiger partial charge is 0.0604 e. The lowest BCUT2D eigenvalue weighted by Gasteiger charge is -2.41. The third-order valence-corrected chi connectivity index (χ3v) is 3.77. The number of rotatable bonds is 5. The molecule has 2 rings (SSSR count). The molecule has 1 atom stereocenters. The van der Waals surface area contributed by atoms with Gasteiger partial charge in [-0.05, 0) is 46.2 Å². The Bertz CT molecular complexity index is 186. The molecule has 88 valence electrons. The molecule has 1 heterocycles. The molecule has 0 aromatic heterocycles. The Balaban J connectivity index is 1.62. The molecule has 0 aromatic carbocycles. The van der Waals surface area contributed by atoms with E-state index in [1.54, 1.807) is 0 Å². The summed E-state index contributed by atoms with van der Waals surface area (Å²) in [5.74, 6) is 0. The number of nitrogens with zero attached hydrogens (tertiary/aromatic N) is 1. The number of likely N-dealkylation sites (N-methyl/N-ethyl adjacent to an activating group) is 1. The van der Waals surface area contributed by atoms with Crippen LogP contribution in [0, 0.1) is 0 Å². The SMILES string of the molecule is CCOC1CC(N(C)CC2CCCN2)C1. The Hall–Kier alpha value is -0.120. The monoisotopic (exact) mass is 212 g/mol. The molecule has 1 aliphatic heterocycles. The van der Waals surface area contributed by atoms with Crippen molar-refractivity contribution in [3.63, 3.8) is 0 Å². The Labute approximate surface area is 93.2 Å². The fourth-order valence-corrected chi connectivity index (χ4v) is 2.68. The van der Waals surface area contributed by atoms with Crippen LogP contribution in [0.3, 0.4) is 0 Å². The van der Waals surface area contributed by atoms with Gasteiger partial charge < -0.3 is 15.0 Å². The molecule has 1 N–H and O–H groups in total. The van der Waals surface area contributed by atoms with Crippen molar-refractivity contribution < 1.29 is 4.74 Å². The van der Waals surface area contributed by atoms with Gasteiger partial charge in [-0.1, -0.05) is 0 Å². The van der Waals surface area contributed by atoms with Gasteiger partial charge in [-0.25, -0.2) is 0 Å². The second-order valence-electron chi connectivity index (χ2n) is 4.94. The highest BCUT2D eigenvalue weighted by Crippen LogP contribution is 2.27. The Kier molecular flexibility index (Phi) is 4.00. The largest absolute Gasteiger partial charge is 0.378 e. The molecule has 1 saturated carbocycles. The molecular weight excluding hydrogens is 188 g/mol. The van der Waals surface area contributed by atoms with Gasteiger partial charge in [-0.15, -0.1) is 0 Å². The Morgan fingerprint density at radius 3 is 2.80 bits per heavy atom. The van der Waals surface area contributed by atoms with Crippen molar-refractivity contribution in [1.82, 2.24) is 10.2 Å². The Morgan fingerprint density at radius 1 is 1.40 bits per heavy atom. The number of ether oxygens (including phenoxy) is 1. The van der Waals surface area contributed by atoms with Crippen molar-refractivity contribution in [3.05, 3.63) is 0 Å². The van der Waals surface area contributed by atoms with Crippen molar-refractivity contribution in [1.29, 1.82) is 0 Å². The molecule has 15 heavy (non-hydrogen) atoms. The summed E-state index contributed by atoms with van der Waals surface area (Å²) in [6, 6.07) is 1.50. The third-order valence-electron chi connectivity index (χ3n) is 3.77. The first-order valence-electron chi connectivity index (χ1n) is 6.34. The van der Waals surface area contributed by atoms with E-state index in [1.165, 1.54) is 38.8 Å². The van der Waals surface area contributed by atoms with E-state index < -0.39 is 0 Å². The molecule has 2 fully saturated rings. The van der Waals surface area contributed by atoms with Crippen LogP contribution in [0.2, 0.25) is 0 Å². The second kappa shape index (κ2) is 5.28. The number of nitrogens with one attached hydrogen (secondary N) is 1. The molecule has 0 spiro atoms. The zero-order valence-corrected chi connectivity index (χ0v) is 10.0. The van der Waals surface area contributed by atoms with Crippen LogP contribution in [0.25, 0.3) is 0 Å². The standard InChI is InChI=1S/C12H24N2O/c1-3-15-12-7-11(8-12)14(2)9-10-5-4-6-13-10/h10-13H,3-9H2,1-2H3. The van der Waals surface area contributed by atoms with Crippen LogP contribution < -0.4 is 5.32 Å². The van der Waals surface area contributed by atoms with Crippen LogP contribution in [0.5, 0.6) is 0 Å². The average Bonchev–Trinajstić information content (AvgIpc) is 2.62. The van der Waals surface area contributed by atoms with Gasteiger partial charge in [0.05, 0.1) is 6.10 Å². The van der Waals surface area contributed by atoms with Crippen molar-refractivity contribution in [2.75, 3.05) is 26.7 Å². The molecular formula is C12H24N2O. The molecule has 3 nitrogen and oxygen atoms in total. The summed E-state index contributed by atoms with van der Waals surface area (Å²) >= 11 is 0. The summed E-state index contributed by atoms with van der Waals surface area (Å²) in [4.78, 5) is 2.51. The van der Waals surface area contributed by atoms with E-state index >= 15 is 0 Å². The normalized spacial score (nSPS) is 35.8. The lowest BCUT2D eigenvalue weighted by atomic mass is 9.88. The summed E-state index contributed by atoms with van der Waals surface area (Å²) < 4.78 is 5.59. The summed E-state index contributed by atoms with van der Waals surface area (Å²) in [6.07, 6.45) is 5.71. The maximum Gasteiger partial charge on any atom is 0.0604 e. The molecule has 3 heteroatoms. The quantitative estimate of drug-likeness (QED) is 0.742. The van der Waals surface area contributed by atoms with Gasteiger partial charge in [0.1, 0.15) is 0 Å². The minimum Gasteiger partial charge on any atom is -0.378 e. The van der Waals surface area contributed by atoms with Crippen molar-refractivity contribution in [2.45, 2.75) is 50.8 Å². The number of hydrogen-bond acceptors (Lipinski definition) is 3. The first kappa shape index (κ1) is 11.4. The van der Waals surface area contributed by atoms with Crippen LogP contribution in [0.4, 0.5) is 0 Å². The highest BCUT2D eigenvalue weighted by molar-refractivity contribution is 4.89.